The lowest BCUT2D eigenvalue weighted by Crippen LogP contribution is -2.32. The predicted octanol–water partition coefficient (Wildman–Crippen LogP) is 5.91. The number of hydrogen-bond acceptors (Lipinski definition) is 5. The molecule has 0 aliphatic carbocycles. The molecule has 2 aromatic carbocycles. The van der Waals surface area contributed by atoms with Gasteiger partial charge in [0.1, 0.15) is 17.8 Å². The molecule has 0 aromatic heterocycles. The molecule has 2 aromatic rings. The first-order valence-electron chi connectivity index (χ1n) is 11.0. The second kappa shape index (κ2) is 11.7. The first kappa shape index (κ1) is 26.1. The molecule has 6 nitrogen and oxygen atoms in total. The maximum atomic E-state index is 13.5. The average molecular weight is 494 g/mol. The third kappa shape index (κ3) is 7.22. The monoisotopic (exact) mass is 494 g/mol. The van der Waals surface area contributed by atoms with Crippen LogP contribution in [-0.2, 0) is 10.9 Å². The predicted molar refractivity (Wildman–Crippen MR) is 122 cm³/mol. The zero-order chi connectivity index (χ0) is 25.4. The number of amides is 1. The zero-order valence-corrected chi connectivity index (χ0v) is 19.2. The van der Waals surface area contributed by atoms with Crippen LogP contribution < -0.4 is 20.1 Å². The summed E-state index contributed by atoms with van der Waals surface area (Å²) in [6, 6.07) is 5.95. The summed E-state index contributed by atoms with van der Waals surface area (Å²) in [7, 11) is 1.29. The number of benzene rings is 2. The Morgan fingerprint density at radius 1 is 1.09 bits per heavy atom. The fourth-order valence-electron chi connectivity index (χ4n) is 3.26. The van der Waals surface area contributed by atoms with Crippen LogP contribution in [0.15, 0.2) is 60.4 Å². The number of carbonyl (C=O) groups is 1. The van der Waals surface area contributed by atoms with Gasteiger partial charge in [0.2, 0.25) is 0 Å². The topological polar surface area (TPSA) is 68.8 Å². The van der Waals surface area contributed by atoms with Gasteiger partial charge in [0.05, 0.1) is 18.2 Å². The number of dihydropyridines is 1. The standard InChI is InChI=1S/C25H26F4N2O4/c1-3-4-5-12-34-23-15-18(10-11-30-23)31-24(32)19-13-16(25(27,28)29)6-8-20(19)35-21-9-7-17(26)14-22(21)33-2/h6-11,13-15,23,30H,3-5,12H2,1-2H3,(H,31,32). The van der Waals surface area contributed by atoms with Crippen LogP contribution in [-0.4, -0.2) is 25.9 Å². The Hall–Kier alpha value is -3.53. The smallest absolute Gasteiger partial charge is 0.416 e. The van der Waals surface area contributed by atoms with Gasteiger partial charge in [-0.25, -0.2) is 4.39 Å². The third-order valence-corrected chi connectivity index (χ3v) is 5.05. The summed E-state index contributed by atoms with van der Waals surface area (Å²) in [6.45, 7) is 2.59. The Bertz CT molecular complexity index is 1100. The molecule has 1 aliphatic rings. The zero-order valence-electron chi connectivity index (χ0n) is 19.2. The molecule has 1 unspecified atom stereocenters. The second-order valence-electron chi connectivity index (χ2n) is 7.68. The van der Waals surface area contributed by atoms with Gasteiger partial charge in [0.25, 0.3) is 5.91 Å². The largest absolute Gasteiger partial charge is 0.493 e. The van der Waals surface area contributed by atoms with Crippen LogP contribution in [0.2, 0.25) is 0 Å². The number of alkyl halides is 3. The van der Waals surface area contributed by atoms with Gasteiger partial charge in [-0.2, -0.15) is 13.2 Å². The van der Waals surface area contributed by atoms with E-state index in [0.717, 1.165) is 43.5 Å². The van der Waals surface area contributed by atoms with Crippen molar-refractivity contribution in [3.05, 3.63) is 77.4 Å². The molecule has 0 fully saturated rings. The van der Waals surface area contributed by atoms with E-state index in [-0.39, 0.29) is 22.8 Å². The Morgan fingerprint density at radius 3 is 2.57 bits per heavy atom. The van der Waals surface area contributed by atoms with E-state index in [1.54, 1.807) is 18.4 Å². The Kier molecular flexibility index (Phi) is 8.75. The highest BCUT2D eigenvalue weighted by Crippen LogP contribution is 2.37. The molecule has 2 N–H and O–H groups in total. The van der Waals surface area contributed by atoms with Crippen molar-refractivity contribution in [2.45, 2.75) is 38.6 Å². The summed E-state index contributed by atoms with van der Waals surface area (Å²) < 4.78 is 70.0. The van der Waals surface area contributed by atoms with Crippen molar-refractivity contribution in [2.75, 3.05) is 13.7 Å². The van der Waals surface area contributed by atoms with Gasteiger partial charge in [0.15, 0.2) is 11.5 Å². The average Bonchev–Trinajstić information content (AvgIpc) is 2.82. The molecule has 1 heterocycles. The SMILES string of the molecule is CCCCCOC1C=C(NC(=O)c2cc(C(F)(F)F)ccc2Oc2ccc(F)cc2OC)C=CN1. The van der Waals surface area contributed by atoms with Crippen molar-refractivity contribution in [3.63, 3.8) is 0 Å². The fourth-order valence-corrected chi connectivity index (χ4v) is 3.26. The Labute approximate surface area is 200 Å². The first-order valence-corrected chi connectivity index (χ1v) is 11.0. The number of rotatable bonds is 10. The van der Waals surface area contributed by atoms with Crippen LogP contribution in [0.5, 0.6) is 17.2 Å². The number of methoxy groups -OCH3 is 1. The number of allylic oxidation sites excluding steroid dienone is 1. The minimum Gasteiger partial charge on any atom is -0.493 e. The molecule has 0 saturated carbocycles. The highest BCUT2D eigenvalue weighted by Gasteiger charge is 2.32. The summed E-state index contributed by atoms with van der Waals surface area (Å²) in [6.07, 6.45) is 2.53. The number of hydrogen-bond donors (Lipinski definition) is 2. The van der Waals surface area contributed by atoms with E-state index in [2.05, 4.69) is 17.6 Å². The van der Waals surface area contributed by atoms with E-state index < -0.39 is 29.7 Å². The van der Waals surface area contributed by atoms with E-state index in [4.69, 9.17) is 14.2 Å². The molecule has 0 saturated heterocycles. The Balaban J connectivity index is 1.85. The maximum absolute atomic E-state index is 13.5. The second-order valence-corrected chi connectivity index (χ2v) is 7.68. The van der Waals surface area contributed by atoms with Crippen LogP contribution in [0.4, 0.5) is 17.6 Å². The van der Waals surface area contributed by atoms with Gasteiger partial charge in [-0.05, 0) is 48.9 Å². The lowest BCUT2D eigenvalue weighted by atomic mass is 10.1. The molecule has 188 valence electrons. The van der Waals surface area contributed by atoms with Crippen LogP contribution >= 0.6 is 0 Å². The quantitative estimate of drug-likeness (QED) is 0.318. The van der Waals surface area contributed by atoms with E-state index in [0.29, 0.717) is 18.4 Å². The van der Waals surface area contributed by atoms with Crippen LogP contribution in [0.1, 0.15) is 42.1 Å². The number of carbonyl (C=O) groups excluding carboxylic acids is 1. The number of nitrogens with one attached hydrogen (secondary N) is 2. The third-order valence-electron chi connectivity index (χ3n) is 5.05. The number of ether oxygens (including phenoxy) is 3. The molecule has 0 spiro atoms. The summed E-state index contributed by atoms with van der Waals surface area (Å²) in [5.74, 6) is -1.52. The van der Waals surface area contributed by atoms with Crippen molar-refractivity contribution in [3.8, 4) is 17.2 Å². The molecule has 1 amide bonds. The lowest BCUT2D eigenvalue weighted by molar-refractivity contribution is -0.137. The molecule has 10 heteroatoms. The van der Waals surface area contributed by atoms with E-state index in [9.17, 15) is 22.4 Å². The number of halogens is 4. The van der Waals surface area contributed by atoms with Crippen molar-refractivity contribution in [2.24, 2.45) is 0 Å². The van der Waals surface area contributed by atoms with Crippen molar-refractivity contribution >= 4 is 5.91 Å². The van der Waals surface area contributed by atoms with Crippen molar-refractivity contribution < 1.29 is 36.6 Å². The van der Waals surface area contributed by atoms with Gasteiger partial charge in [-0.1, -0.05) is 19.8 Å². The van der Waals surface area contributed by atoms with E-state index >= 15 is 0 Å². The minimum atomic E-state index is -4.67. The molecule has 0 bridgehead atoms. The molecule has 35 heavy (non-hydrogen) atoms. The van der Waals surface area contributed by atoms with Crippen LogP contribution in [0.3, 0.4) is 0 Å². The molecule has 0 radical (unpaired) electrons. The van der Waals surface area contributed by atoms with Gasteiger partial charge in [-0.15, -0.1) is 0 Å². The first-order chi connectivity index (χ1) is 16.7. The summed E-state index contributed by atoms with van der Waals surface area (Å²) in [4.78, 5) is 13.0. The van der Waals surface area contributed by atoms with E-state index in [1.807, 2.05) is 0 Å². The lowest BCUT2D eigenvalue weighted by Gasteiger charge is -2.20. The van der Waals surface area contributed by atoms with Gasteiger partial charge >= 0.3 is 6.18 Å². The van der Waals surface area contributed by atoms with E-state index in [1.165, 1.54) is 13.2 Å². The number of unbranched alkanes of at least 4 members (excludes halogenated alkanes) is 2. The summed E-state index contributed by atoms with van der Waals surface area (Å²) in [5, 5.41) is 5.57. The molecular weight excluding hydrogens is 468 g/mol. The molecule has 1 atom stereocenters. The van der Waals surface area contributed by atoms with Crippen LogP contribution in [0, 0.1) is 5.82 Å². The molecule has 1 aliphatic heterocycles. The highest BCUT2D eigenvalue weighted by atomic mass is 19.4. The van der Waals surface area contributed by atoms with Crippen molar-refractivity contribution in [1.29, 1.82) is 0 Å². The molecular formula is C25H26F4N2O4. The highest BCUT2D eigenvalue weighted by molar-refractivity contribution is 5.98. The fraction of sp³-hybridized carbons (Fsp3) is 0.320. The van der Waals surface area contributed by atoms with Gasteiger partial charge in [0, 0.05) is 24.6 Å². The van der Waals surface area contributed by atoms with Crippen LogP contribution in [0.25, 0.3) is 0 Å². The minimum absolute atomic E-state index is 0.0170. The normalized spacial score (nSPS) is 15.3. The summed E-state index contributed by atoms with van der Waals surface area (Å²) >= 11 is 0. The Morgan fingerprint density at radius 2 is 1.86 bits per heavy atom. The van der Waals surface area contributed by atoms with Gasteiger partial charge in [-0.3, -0.25) is 4.79 Å². The molecule has 3 rings (SSSR count). The maximum Gasteiger partial charge on any atom is 0.416 e. The van der Waals surface area contributed by atoms with Crippen molar-refractivity contribution in [1.82, 2.24) is 10.6 Å². The summed E-state index contributed by atoms with van der Waals surface area (Å²) in [5.41, 5.74) is -1.04. The van der Waals surface area contributed by atoms with Gasteiger partial charge < -0.3 is 24.8 Å².